The summed E-state index contributed by atoms with van der Waals surface area (Å²) >= 11 is 0.966. The van der Waals surface area contributed by atoms with Crippen molar-refractivity contribution in [2.24, 2.45) is 0 Å². The molecule has 0 aliphatic carbocycles. The van der Waals surface area contributed by atoms with Gasteiger partial charge >= 0.3 is 0 Å². The van der Waals surface area contributed by atoms with Gasteiger partial charge in [0.15, 0.2) is 0 Å². The Balaban J connectivity index is 1.99. The first-order valence-electron chi connectivity index (χ1n) is 8.48. The van der Waals surface area contributed by atoms with Crippen molar-refractivity contribution in [3.63, 3.8) is 0 Å². The van der Waals surface area contributed by atoms with Gasteiger partial charge in [0.1, 0.15) is 0 Å². The van der Waals surface area contributed by atoms with Gasteiger partial charge in [0, 0.05) is 17.8 Å². The number of amides is 2. The Morgan fingerprint density at radius 2 is 2.12 bits per heavy atom. The lowest BCUT2D eigenvalue weighted by Gasteiger charge is -2.47. The summed E-state index contributed by atoms with van der Waals surface area (Å²) in [4.78, 5) is 26.0. The predicted molar refractivity (Wildman–Crippen MR) is 100 cm³/mol. The maximum atomic E-state index is 11.7. The van der Waals surface area contributed by atoms with E-state index >= 15 is 0 Å². The Morgan fingerprint density at radius 1 is 1.38 bits per heavy atom. The molecule has 3 rings (SSSR count). The molecule has 0 saturated carbocycles. The SMILES string of the molecule is CCCN1c2ccc(/C=C3\SC(=O)NC3=O)cc2C(C)CC1(C)C. The van der Waals surface area contributed by atoms with Crippen LogP contribution < -0.4 is 10.2 Å². The first kappa shape index (κ1) is 17.1. The second-order valence-corrected chi connectivity index (χ2v) is 8.25. The largest absolute Gasteiger partial charge is 0.366 e. The number of anilines is 1. The number of thioether (sulfide) groups is 1. The molecule has 128 valence electrons. The minimum Gasteiger partial charge on any atom is -0.366 e. The molecule has 1 N–H and O–H groups in total. The monoisotopic (exact) mass is 344 g/mol. The molecule has 1 saturated heterocycles. The molecule has 2 aliphatic heterocycles. The molecular weight excluding hydrogens is 320 g/mol. The van der Waals surface area contributed by atoms with Gasteiger partial charge in [-0.2, -0.15) is 0 Å². The number of carbonyl (C=O) groups excluding carboxylic acids is 2. The van der Waals surface area contributed by atoms with Gasteiger partial charge in [-0.15, -0.1) is 0 Å². The first-order valence-corrected chi connectivity index (χ1v) is 9.30. The molecule has 1 aromatic carbocycles. The molecule has 1 aromatic rings. The van der Waals surface area contributed by atoms with E-state index in [0.717, 1.165) is 36.7 Å². The lowest BCUT2D eigenvalue weighted by molar-refractivity contribution is -0.115. The normalized spacial score (nSPS) is 24.2. The molecule has 0 bridgehead atoms. The molecule has 1 fully saturated rings. The highest BCUT2D eigenvalue weighted by Gasteiger charge is 2.35. The van der Waals surface area contributed by atoms with E-state index < -0.39 is 0 Å². The quantitative estimate of drug-likeness (QED) is 0.820. The molecule has 2 aliphatic rings. The summed E-state index contributed by atoms with van der Waals surface area (Å²) in [5.41, 5.74) is 3.74. The number of nitrogens with zero attached hydrogens (tertiary/aromatic N) is 1. The number of hydrogen-bond donors (Lipinski definition) is 1. The molecule has 2 amide bonds. The average Bonchev–Trinajstić information content (AvgIpc) is 2.81. The summed E-state index contributed by atoms with van der Waals surface area (Å²) in [5.74, 6) is 0.164. The summed E-state index contributed by atoms with van der Waals surface area (Å²) in [6.45, 7) is 10.1. The number of hydrogen-bond acceptors (Lipinski definition) is 4. The summed E-state index contributed by atoms with van der Waals surface area (Å²) < 4.78 is 0. The van der Waals surface area contributed by atoms with Gasteiger partial charge in [-0.05, 0) is 73.7 Å². The van der Waals surface area contributed by atoms with E-state index in [1.54, 1.807) is 0 Å². The topological polar surface area (TPSA) is 49.4 Å². The number of rotatable bonds is 3. The van der Waals surface area contributed by atoms with E-state index in [9.17, 15) is 9.59 Å². The summed E-state index contributed by atoms with van der Waals surface area (Å²) in [7, 11) is 0. The highest BCUT2D eigenvalue weighted by Crippen LogP contribution is 2.44. The minimum absolute atomic E-state index is 0.149. The Hall–Kier alpha value is -1.75. The Bertz CT molecular complexity index is 724. The van der Waals surface area contributed by atoms with Crippen LogP contribution in [0.5, 0.6) is 0 Å². The maximum absolute atomic E-state index is 11.7. The third-order valence-corrected chi connectivity index (χ3v) is 5.61. The van der Waals surface area contributed by atoms with E-state index in [1.165, 1.54) is 11.3 Å². The summed E-state index contributed by atoms with van der Waals surface area (Å²) in [6, 6.07) is 6.37. The van der Waals surface area contributed by atoms with Crippen LogP contribution in [0.3, 0.4) is 0 Å². The van der Waals surface area contributed by atoms with Gasteiger partial charge < -0.3 is 4.90 Å². The van der Waals surface area contributed by atoms with Crippen LogP contribution in [0, 0.1) is 0 Å². The van der Waals surface area contributed by atoms with Crippen LogP contribution in [0.4, 0.5) is 10.5 Å². The van der Waals surface area contributed by atoms with E-state index in [0.29, 0.717) is 10.8 Å². The van der Waals surface area contributed by atoms with Gasteiger partial charge in [0.25, 0.3) is 11.1 Å². The zero-order chi connectivity index (χ0) is 17.5. The van der Waals surface area contributed by atoms with Crippen molar-refractivity contribution in [3.05, 3.63) is 34.2 Å². The van der Waals surface area contributed by atoms with Crippen molar-refractivity contribution in [1.29, 1.82) is 0 Å². The van der Waals surface area contributed by atoms with Gasteiger partial charge in [-0.1, -0.05) is 19.9 Å². The van der Waals surface area contributed by atoms with Crippen LogP contribution in [0.2, 0.25) is 0 Å². The summed E-state index contributed by atoms with van der Waals surface area (Å²) in [6.07, 6.45) is 4.03. The number of nitrogens with one attached hydrogen (secondary N) is 1. The smallest absolute Gasteiger partial charge is 0.290 e. The molecule has 2 heterocycles. The highest BCUT2D eigenvalue weighted by molar-refractivity contribution is 8.18. The van der Waals surface area contributed by atoms with Crippen molar-refractivity contribution in [2.45, 2.75) is 52.0 Å². The molecule has 0 spiro atoms. The van der Waals surface area contributed by atoms with Crippen LogP contribution in [-0.2, 0) is 4.79 Å². The van der Waals surface area contributed by atoms with Crippen LogP contribution in [0.15, 0.2) is 23.1 Å². The number of benzene rings is 1. The molecular formula is C19H24N2O2S. The highest BCUT2D eigenvalue weighted by atomic mass is 32.2. The van der Waals surface area contributed by atoms with Crippen molar-refractivity contribution >= 4 is 34.7 Å². The van der Waals surface area contributed by atoms with Crippen LogP contribution in [0.1, 0.15) is 57.6 Å². The molecule has 24 heavy (non-hydrogen) atoms. The van der Waals surface area contributed by atoms with Gasteiger partial charge in [0.05, 0.1) is 4.91 Å². The van der Waals surface area contributed by atoms with Crippen molar-refractivity contribution in [3.8, 4) is 0 Å². The third-order valence-electron chi connectivity index (χ3n) is 4.80. The molecule has 4 nitrogen and oxygen atoms in total. The van der Waals surface area contributed by atoms with E-state index in [-0.39, 0.29) is 16.7 Å². The van der Waals surface area contributed by atoms with Crippen LogP contribution in [0.25, 0.3) is 6.08 Å². The molecule has 0 radical (unpaired) electrons. The minimum atomic E-state index is -0.301. The Kier molecular flexibility index (Phi) is 4.47. The zero-order valence-electron chi connectivity index (χ0n) is 14.7. The lowest BCUT2D eigenvalue weighted by atomic mass is 9.79. The fourth-order valence-corrected chi connectivity index (χ4v) is 4.50. The molecule has 0 aromatic heterocycles. The van der Waals surface area contributed by atoms with Crippen LogP contribution in [-0.4, -0.2) is 23.2 Å². The van der Waals surface area contributed by atoms with E-state index in [1.807, 2.05) is 12.1 Å². The predicted octanol–water partition coefficient (Wildman–Crippen LogP) is 4.51. The Labute approximate surface area is 147 Å². The van der Waals surface area contributed by atoms with Gasteiger partial charge in [-0.3, -0.25) is 14.9 Å². The zero-order valence-corrected chi connectivity index (χ0v) is 15.5. The third kappa shape index (κ3) is 3.09. The lowest BCUT2D eigenvalue weighted by Crippen LogP contribution is -2.48. The molecule has 1 atom stereocenters. The Morgan fingerprint density at radius 3 is 2.75 bits per heavy atom. The van der Waals surface area contributed by atoms with Crippen molar-refractivity contribution in [2.75, 3.05) is 11.4 Å². The molecule has 1 unspecified atom stereocenters. The van der Waals surface area contributed by atoms with Gasteiger partial charge in [-0.25, -0.2) is 0 Å². The van der Waals surface area contributed by atoms with Crippen molar-refractivity contribution < 1.29 is 9.59 Å². The summed E-state index contributed by atoms with van der Waals surface area (Å²) in [5, 5.41) is 2.00. The first-order chi connectivity index (χ1) is 11.3. The fraction of sp³-hybridized carbons (Fsp3) is 0.474. The molecule has 5 heteroatoms. The average molecular weight is 344 g/mol. The number of imide groups is 1. The fourth-order valence-electron chi connectivity index (χ4n) is 3.82. The maximum Gasteiger partial charge on any atom is 0.290 e. The standard InChI is InChI=1S/C19H24N2O2S/c1-5-8-21-15-7-6-13(10-16-17(22)20-18(23)24-16)9-14(15)12(2)11-19(21,3)4/h6-7,9-10,12H,5,8,11H2,1-4H3,(H,20,22,23)/b16-10-. The number of carbonyl (C=O) groups is 2. The second kappa shape index (κ2) is 6.28. The van der Waals surface area contributed by atoms with Gasteiger partial charge in [0.2, 0.25) is 0 Å². The second-order valence-electron chi connectivity index (χ2n) is 7.24. The van der Waals surface area contributed by atoms with Crippen LogP contribution >= 0.6 is 11.8 Å². The van der Waals surface area contributed by atoms with E-state index in [2.05, 4.69) is 50.0 Å². The van der Waals surface area contributed by atoms with Crippen molar-refractivity contribution in [1.82, 2.24) is 5.32 Å². The number of fused-ring (bicyclic) bond motifs is 1. The van der Waals surface area contributed by atoms with E-state index in [4.69, 9.17) is 0 Å².